The van der Waals surface area contributed by atoms with Gasteiger partial charge in [-0.3, -0.25) is 9.36 Å². The van der Waals surface area contributed by atoms with Crippen molar-refractivity contribution in [1.82, 2.24) is 9.55 Å². The summed E-state index contributed by atoms with van der Waals surface area (Å²) in [6.07, 6.45) is 1.35. The summed E-state index contributed by atoms with van der Waals surface area (Å²) in [6, 6.07) is 15.3. The van der Waals surface area contributed by atoms with Crippen molar-refractivity contribution in [2.75, 3.05) is 6.61 Å². The number of aromatic nitrogens is 2. The van der Waals surface area contributed by atoms with Crippen molar-refractivity contribution in [3.05, 3.63) is 93.7 Å². The third-order valence-corrected chi connectivity index (χ3v) is 4.97. The zero-order valence-corrected chi connectivity index (χ0v) is 16.8. The first-order chi connectivity index (χ1) is 14.9. The fourth-order valence-electron chi connectivity index (χ4n) is 3.22. The first-order valence-corrected chi connectivity index (χ1v) is 9.71. The minimum absolute atomic E-state index is 0.147. The second-order valence-corrected chi connectivity index (χ2v) is 7.22. The van der Waals surface area contributed by atoms with Crippen LogP contribution in [0.2, 0.25) is 5.02 Å². The van der Waals surface area contributed by atoms with Gasteiger partial charge in [-0.25, -0.2) is 14.2 Å². The molecule has 6 nitrogen and oxygen atoms in total. The monoisotopic (exact) mass is 438 g/mol. The lowest BCUT2D eigenvalue weighted by Crippen LogP contribution is -2.23. The number of carbonyl (C=O) groups is 1. The number of aromatic carboxylic acids is 1. The van der Waals surface area contributed by atoms with Crippen molar-refractivity contribution in [1.29, 1.82) is 0 Å². The molecule has 0 aliphatic carbocycles. The molecule has 0 atom stereocenters. The molecular formula is C23H16ClFN2O4. The highest BCUT2D eigenvalue weighted by atomic mass is 35.5. The number of carboxylic acids is 1. The Kier molecular flexibility index (Phi) is 5.68. The van der Waals surface area contributed by atoms with Gasteiger partial charge in [-0.1, -0.05) is 23.7 Å². The van der Waals surface area contributed by atoms with Gasteiger partial charge in [0.1, 0.15) is 18.2 Å². The average molecular weight is 439 g/mol. The third-order valence-electron chi connectivity index (χ3n) is 4.74. The Morgan fingerprint density at radius 2 is 1.97 bits per heavy atom. The molecule has 4 rings (SSSR count). The van der Waals surface area contributed by atoms with E-state index in [2.05, 4.69) is 4.98 Å². The number of nitrogens with zero attached hydrogens (tertiary/aromatic N) is 2. The van der Waals surface area contributed by atoms with Crippen LogP contribution in [0, 0.1) is 5.82 Å². The predicted octanol–water partition coefficient (Wildman–Crippen LogP) is 4.63. The Balaban J connectivity index is 1.57. The Bertz CT molecular complexity index is 1350. The highest BCUT2D eigenvalue weighted by Gasteiger charge is 2.11. The molecule has 156 valence electrons. The summed E-state index contributed by atoms with van der Waals surface area (Å²) in [6.45, 7) is 0.373. The van der Waals surface area contributed by atoms with Crippen molar-refractivity contribution in [3.63, 3.8) is 0 Å². The molecule has 0 fully saturated rings. The molecule has 31 heavy (non-hydrogen) atoms. The molecule has 1 heterocycles. The molecule has 0 aliphatic rings. The molecule has 1 aromatic heterocycles. The Morgan fingerprint density at radius 1 is 1.13 bits per heavy atom. The van der Waals surface area contributed by atoms with Crippen LogP contribution in [0.4, 0.5) is 4.39 Å². The molecule has 0 saturated carbocycles. The van der Waals surface area contributed by atoms with E-state index in [1.807, 2.05) is 0 Å². The maximum Gasteiger partial charge on any atom is 0.335 e. The lowest BCUT2D eigenvalue weighted by atomic mass is 10.0. The average Bonchev–Trinajstić information content (AvgIpc) is 2.76. The number of carboxylic acid groups (broad SMARTS) is 1. The topological polar surface area (TPSA) is 81.4 Å². The van der Waals surface area contributed by atoms with E-state index in [0.717, 1.165) is 0 Å². The predicted molar refractivity (Wildman–Crippen MR) is 115 cm³/mol. The second-order valence-electron chi connectivity index (χ2n) is 6.78. The van der Waals surface area contributed by atoms with Crippen molar-refractivity contribution in [3.8, 4) is 16.9 Å². The van der Waals surface area contributed by atoms with Gasteiger partial charge in [-0.15, -0.1) is 0 Å². The molecular weight excluding hydrogens is 423 g/mol. The number of rotatable bonds is 6. The quantitative estimate of drug-likeness (QED) is 0.474. The number of hydrogen-bond donors (Lipinski definition) is 1. The fraction of sp³-hybridized carbons (Fsp3) is 0.0870. The standard InChI is InChI=1S/C23H16ClFN2O4/c24-16-4-7-21(19(11-16)14-2-1-3-15(10-14)23(29)30)31-9-8-27-13-26-20-12-17(25)5-6-18(20)22(27)28/h1-7,10-13H,8-9H2,(H,29,30). The van der Waals surface area contributed by atoms with Gasteiger partial charge >= 0.3 is 5.97 Å². The number of halogens is 2. The van der Waals surface area contributed by atoms with Gasteiger partial charge in [0, 0.05) is 16.7 Å². The third kappa shape index (κ3) is 4.41. The molecule has 0 aliphatic heterocycles. The minimum Gasteiger partial charge on any atom is -0.491 e. The van der Waals surface area contributed by atoms with E-state index >= 15 is 0 Å². The summed E-state index contributed by atoms with van der Waals surface area (Å²) < 4.78 is 20.6. The van der Waals surface area contributed by atoms with Crippen LogP contribution >= 0.6 is 11.6 Å². The Labute approximate surface area is 181 Å². The van der Waals surface area contributed by atoms with Crippen LogP contribution in [-0.4, -0.2) is 27.2 Å². The fourth-order valence-corrected chi connectivity index (χ4v) is 3.39. The molecule has 0 amide bonds. The van der Waals surface area contributed by atoms with Crippen LogP contribution in [0.3, 0.4) is 0 Å². The summed E-state index contributed by atoms with van der Waals surface area (Å²) in [4.78, 5) is 28.0. The number of hydrogen-bond acceptors (Lipinski definition) is 4. The molecule has 4 aromatic rings. The van der Waals surface area contributed by atoms with Gasteiger partial charge in [0.05, 0.1) is 29.3 Å². The summed E-state index contributed by atoms with van der Waals surface area (Å²) in [7, 11) is 0. The van der Waals surface area contributed by atoms with Crippen LogP contribution in [0.15, 0.2) is 71.8 Å². The zero-order chi connectivity index (χ0) is 22.0. The summed E-state index contributed by atoms with van der Waals surface area (Å²) >= 11 is 6.13. The van der Waals surface area contributed by atoms with E-state index in [-0.39, 0.29) is 24.3 Å². The van der Waals surface area contributed by atoms with Gasteiger partial charge in [-0.2, -0.15) is 0 Å². The van der Waals surface area contributed by atoms with Crippen LogP contribution in [0.1, 0.15) is 10.4 Å². The SMILES string of the molecule is O=C(O)c1cccc(-c2cc(Cl)ccc2OCCn2cnc3cc(F)ccc3c2=O)c1. The second kappa shape index (κ2) is 8.57. The molecule has 8 heteroatoms. The van der Waals surface area contributed by atoms with Crippen molar-refractivity contribution in [2.24, 2.45) is 0 Å². The first-order valence-electron chi connectivity index (χ1n) is 9.33. The van der Waals surface area contributed by atoms with Crippen LogP contribution in [-0.2, 0) is 6.54 Å². The minimum atomic E-state index is -1.03. The zero-order valence-electron chi connectivity index (χ0n) is 16.1. The highest BCUT2D eigenvalue weighted by molar-refractivity contribution is 6.31. The van der Waals surface area contributed by atoms with Crippen molar-refractivity contribution < 1.29 is 19.0 Å². The number of benzene rings is 3. The number of ether oxygens (including phenoxy) is 1. The van der Waals surface area contributed by atoms with Crippen LogP contribution < -0.4 is 10.3 Å². The first kappa shape index (κ1) is 20.6. The lowest BCUT2D eigenvalue weighted by molar-refractivity contribution is 0.0697. The van der Waals surface area contributed by atoms with E-state index in [1.54, 1.807) is 30.3 Å². The van der Waals surface area contributed by atoms with Gasteiger partial charge in [0.25, 0.3) is 5.56 Å². The van der Waals surface area contributed by atoms with Gasteiger partial charge in [0.15, 0.2) is 0 Å². The van der Waals surface area contributed by atoms with E-state index in [9.17, 15) is 19.1 Å². The molecule has 0 spiro atoms. The van der Waals surface area contributed by atoms with E-state index in [0.29, 0.717) is 32.8 Å². The largest absolute Gasteiger partial charge is 0.491 e. The van der Waals surface area contributed by atoms with Gasteiger partial charge < -0.3 is 9.84 Å². The van der Waals surface area contributed by atoms with E-state index in [1.165, 1.54) is 41.2 Å². The van der Waals surface area contributed by atoms with Crippen LogP contribution in [0.5, 0.6) is 5.75 Å². The highest BCUT2D eigenvalue weighted by Crippen LogP contribution is 2.33. The molecule has 1 N–H and O–H groups in total. The molecule has 0 radical (unpaired) electrons. The molecule has 0 saturated heterocycles. The Hall–Kier alpha value is -3.71. The smallest absolute Gasteiger partial charge is 0.335 e. The number of fused-ring (bicyclic) bond motifs is 1. The normalized spacial score (nSPS) is 10.9. The molecule has 3 aromatic carbocycles. The lowest BCUT2D eigenvalue weighted by Gasteiger charge is -2.13. The summed E-state index contributed by atoms with van der Waals surface area (Å²) in [5.74, 6) is -0.993. The summed E-state index contributed by atoms with van der Waals surface area (Å²) in [5.41, 5.74) is 1.42. The van der Waals surface area contributed by atoms with E-state index < -0.39 is 11.8 Å². The van der Waals surface area contributed by atoms with E-state index in [4.69, 9.17) is 16.3 Å². The maximum atomic E-state index is 13.3. The van der Waals surface area contributed by atoms with Gasteiger partial charge in [0.2, 0.25) is 0 Å². The summed E-state index contributed by atoms with van der Waals surface area (Å²) in [5, 5.41) is 10.0. The molecule has 0 bridgehead atoms. The Morgan fingerprint density at radius 3 is 2.77 bits per heavy atom. The van der Waals surface area contributed by atoms with Crippen LogP contribution in [0.25, 0.3) is 22.0 Å². The van der Waals surface area contributed by atoms with Crippen molar-refractivity contribution in [2.45, 2.75) is 6.54 Å². The maximum absolute atomic E-state index is 13.3. The van der Waals surface area contributed by atoms with Crippen molar-refractivity contribution >= 4 is 28.5 Å². The molecule has 0 unspecified atom stereocenters. The van der Waals surface area contributed by atoms with Gasteiger partial charge in [-0.05, 0) is 48.0 Å².